The summed E-state index contributed by atoms with van der Waals surface area (Å²) in [6.45, 7) is 19.3. The molecule has 0 aliphatic heterocycles. The lowest BCUT2D eigenvalue weighted by Crippen LogP contribution is -2.28. The second kappa shape index (κ2) is 13.4. The van der Waals surface area contributed by atoms with Gasteiger partial charge in [-0.2, -0.15) is 0 Å². The Labute approximate surface area is 226 Å². The van der Waals surface area contributed by atoms with Crippen molar-refractivity contribution in [2.24, 2.45) is 11.8 Å². The lowest BCUT2D eigenvalue weighted by Gasteiger charge is -2.22. The topological polar surface area (TPSA) is 52.6 Å². The molecule has 2 unspecified atom stereocenters. The van der Waals surface area contributed by atoms with E-state index in [0.29, 0.717) is 0 Å². The Hall–Kier alpha value is -1.89. The van der Waals surface area contributed by atoms with E-state index in [1.807, 2.05) is 67.5 Å². The van der Waals surface area contributed by atoms with E-state index in [1.165, 1.54) is 25.8 Å². The maximum absolute atomic E-state index is 11.9. The lowest BCUT2D eigenvalue weighted by molar-refractivity contribution is -0.160. The van der Waals surface area contributed by atoms with Crippen LogP contribution >= 0.6 is 22.6 Å². The zero-order chi connectivity index (χ0) is 27.0. The molecule has 35 heavy (non-hydrogen) atoms. The molecule has 0 bridgehead atoms. The van der Waals surface area contributed by atoms with Crippen LogP contribution in [0, 0.1) is 29.3 Å². The van der Waals surface area contributed by atoms with Gasteiger partial charge in [-0.1, -0.05) is 61.4 Å². The van der Waals surface area contributed by atoms with E-state index >= 15 is 0 Å². The Morgan fingerprint density at radius 2 is 1.26 bits per heavy atom. The average molecular weight is 595 g/mol. The first-order valence-corrected chi connectivity index (χ1v) is 13.3. The number of rotatable bonds is 6. The van der Waals surface area contributed by atoms with Gasteiger partial charge >= 0.3 is 11.9 Å². The van der Waals surface area contributed by atoms with Gasteiger partial charge in [-0.05, 0) is 108 Å². The largest absolute Gasteiger partial charge is 0.460 e. The minimum Gasteiger partial charge on any atom is -0.460 e. The van der Waals surface area contributed by atoms with Crippen molar-refractivity contribution in [1.29, 1.82) is 0 Å². The van der Waals surface area contributed by atoms with E-state index in [2.05, 4.69) is 66.8 Å². The number of aryl methyl sites for hydroxylation is 2. The molecule has 0 saturated heterocycles. The molecular formula is C30H43IO4. The summed E-state index contributed by atoms with van der Waals surface area (Å²) in [4.78, 5) is 23.8. The fraction of sp³-hybridized carbons (Fsp3) is 0.533. The van der Waals surface area contributed by atoms with Crippen LogP contribution < -0.4 is 0 Å². The smallest absolute Gasteiger partial charge is 0.309 e. The van der Waals surface area contributed by atoms with Gasteiger partial charge in [0, 0.05) is 3.57 Å². The number of carbonyl (C=O) groups is 2. The fourth-order valence-electron chi connectivity index (χ4n) is 3.35. The average Bonchev–Trinajstić information content (AvgIpc) is 2.68. The number of hydrogen-bond acceptors (Lipinski definition) is 4. The van der Waals surface area contributed by atoms with Gasteiger partial charge in [0.15, 0.2) is 0 Å². The molecule has 2 aromatic rings. The highest BCUT2D eigenvalue weighted by atomic mass is 127. The van der Waals surface area contributed by atoms with Gasteiger partial charge in [-0.3, -0.25) is 9.59 Å². The van der Waals surface area contributed by atoms with E-state index in [1.54, 1.807) is 0 Å². The maximum atomic E-state index is 11.9. The summed E-state index contributed by atoms with van der Waals surface area (Å²) in [5, 5.41) is 0. The summed E-state index contributed by atoms with van der Waals surface area (Å²) < 4.78 is 12.0. The third kappa shape index (κ3) is 13.1. The van der Waals surface area contributed by atoms with E-state index in [4.69, 9.17) is 9.47 Å². The second-order valence-electron chi connectivity index (χ2n) is 11.4. The molecule has 0 amide bonds. The Balaban J connectivity index is 0.000000351. The van der Waals surface area contributed by atoms with Gasteiger partial charge < -0.3 is 9.47 Å². The molecule has 2 rings (SSSR count). The molecule has 0 aliphatic rings. The normalized spacial score (nSPS) is 13.2. The molecule has 0 N–H and O–H groups in total. The van der Waals surface area contributed by atoms with Crippen molar-refractivity contribution in [2.75, 3.05) is 0 Å². The Bertz CT molecular complexity index is 983. The highest BCUT2D eigenvalue weighted by molar-refractivity contribution is 14.1. The van der Waals surface area contributed by atoms with Gasteiger partial charge in [-0.15, -0.1) is 0 Å². The highest BCUT2D eigenvalue weighted by Crippen LogP contribution is 2.20. The summed E-state index contributed by atoms with van der Waals surface area (Å²) in [7, 11) is 0. The third-order valence-electron chi connectivity index (χ3n) is 4.97. The number of ether oxygens (including phenoxy) is 2. The van der Waals surface area contributed by atoms with Crippen LogP contribution in [0.4, 0.5) is 0 Å². The van der Waals surface area contributed by atoms with Crippen molar-refractivity contribution in [1.82, 2.24) is 0 Å². The van der Waals surface area contributed by atoms with Crippen LogP contribution in [-0.4, -0.2) is 23.1 Å². The predicted octanol–water partition coefficient (Wildman–Crippen LogP) is 7.64. The van der Waals surface area contributed by atoms with E-state index in [9.17, 15) is 9.59 Å². The summed E-state index contributed by atoms with van der Waals surface area (Å²) in [6.07, 6.45) is 1.46. The van der Waals surface area contributed by atoms with Gasteiger partial charge in [0.1, 0.15) is 11.2 Å². The van der Waals surface area contributed by atoms with Crippen LogP contribution in [0.5, 0.6) is 0 Å². The molecule has 0 heterocycles. The molecule has 2 aromatic carbocycles. The zero-order valence-corrected chi connectivity index (χ0v) is 25.3. The van der Waals surface area contributed by atoms with Crippen LogP contribution in [-0.2, 0) is 31.9 Å². The summed E-state index contributed by atoms with van der Waals surface area (Å²) in [5.41, 5.74) is 4.03. The molecule has 0 aromatic heterocycles. The molecule has 4 nitrogen and oxygen atoms in total. The zero-order valence-electron chi connectivity index (χ0n) is 23.1. The van der Waals surface area contributed by atoms with E-state index < -0.39 is 11.2 Å². The predicted molar refractivity (Wildman–Crippen MR) is 153 cm³/mol. The molecule has 5 heteroatoms. The van der Waals surface area contributed by atoms with Crippen LogP contribution in [0.3, 0.4) is 0 Å². The summed E-state index contributed by atoms with van der Waals surface area (Å²) in [6, 6.07) is 14.6. The Morgan fingerprint density at radius 3 is 1.74 bits per heavy atom. The van der Waals surface area contributed by atoms with Crippen molar-refractivity contribution in [2.45, 2.75) is 93.3 Å². The van der Waals surface area contributed by atoms with Crippen LogP contribution in [0.15, 0.2) is 42.5 Å². The fourth-order valence-corrected chi connectivity index (χ4v) is 3.91. The minimum absolute atomic E-state index is 0.101. The van der Waals surface area contributed by atoms with Crippen LogP contribution in [0.2, 0.25) is 0 Å². The first-order chi connectivity index (χ1) is 16.0. The van der Waals surface area contributed by atoms with Crippen molar-refractivity contribution in [3.05, 3.63) is 68.3 Å². The molecule has 0 aliphatic carbocycles. The Morgan fingerprint density at radius 1 is 0.771 bits per heavy atom. The molecule has 2 atom stereocenters. The first-order valence-electron chi connectivity index (χ1n) is 12.2. The highest BCUT2D eigenvalue weighted by Gasteiger charge is 2.23. The molecule has 194 valence electrons. The number of esters is 2. The quantitative estimate of drug-likeness (QED) is 0.255. The molecule has 0 spiro atoms. The standard InChI is InChI=1S/C15H21IO2.C15H22O2/c1-10-6-7-13(16)12(8-10)9-11(2)14(17)18-15(3,4)5;1-11-7-6-8-13(9-11)10-12(2)14(16)17-15(3,4)5/h6-8,11H,9H2,1-5H3;6-9,12H,10H2,1-5H3. The maximum Gasteiger partial charge on any atom is 0.309 e. The van der Waals surface area contributed by atoms with Crippen LogP contribution in [0.25, 0.3) is 0 Å². The second-order valence-corrected chi connectivity index (χ2v) is 12.5. The van der Waals surface area contributed by atoms with Gasteiger partial charge in [0.25, 0.3) is 0 Å². The third-order valence-corrected chi connectivity index (χ3v) is 6.02. The summed E-state index contributed by atoms with van der Waals surface area (Å²) in [5.74, 6) is -0.464. The minimum atomic E-state index is -0.412. The van der Waals surface area contributed by atoms with Crippen LogP contribution in [0.1, 0.15) is 77.6 Å². The van der Waals surface area contributed by atoms with Crippen molar-refractivity contribution in [3.63, 3.8) is 0 Å². The molecular weight excluding hydrogens is 551 g/mol. The SMILES string of the molecule is Cc1ccc(I)c(CC(C)C(=O)OC(C)(C)C)c1.Cc1cccc(CC(C)C(=O)OC(C)(C)C)c1. The van der Waals surface area contributed by atoms with Gasteiger partial charge in [0.2, 0.25) is 0 Å². The van der Waals surface area contributed by atoms with Gasteiger partial charge in [0.05, 0.1) is 11.8 Å². The Kier molecular flexibility index (Phi) is 11.9. The molecule has 0 radical (unpaired) electrons. The van der Waals surface area contributed by atoms with E-state index in [0.717, 1.165) is 12.8 Å². The van der Waals surface area contributed by atoms with Crippen molar-refractivity contribution in [3.8, 4) is 0 Å². The number of carbonyl (C=O) groups excluding carboxylic acids is 2. The first kappa shape index (κ1) is 31.1. The van der Waals surface area contributed by atoms with E-state index in [-0.39, 0.29) is 23.8 Å². The number of benzene rings is 2. The van der Waals surface area contributed by atoms with Crippen molar-refractivity contribution < 1.29 is 19.1 Å². The molecule has 0 fully saturated rings. The monoisotopic (exact) mass is 594 g/mol. The number of hydrogen-bond donors (Lipinski definition) is 0. The lowest BCUT2D eigenvalue weighted by atomic mass is 9.99. The number of halogens is 1. The summed E-state index contributed by atoms with van der Waals surface area (Å²) >= 11 is 2.31. The van der Waals surface area contributed by atoms with Crippen molar-refractivity contribution >= 4 is 34.5 Å². The molecule has 0 saturated carbocycles. The van der Waals surface area contributed by atoms with Gasteiger partial charge in [-0.25, -0.2) is 0 Å².